The second-order valence-electron chi connectivity index (χ2n) is 6.74. The summed E-state index contributed by atoms with van der Waals surface area (Å²) in [6, 6.07) is 9.03. The standard InChI is InChI=1S/C18H23N3O5/c1-18(2,3)26-17(25)20-15-16(24)21(10-13(23)11-22)14(9-19-15)12-7-5-4-6-8-12/h4-9,13,22-23H,10-11H2,1-3H3,(H,19,20,25). The van der Waals surface area contributed by atoms with Crippen LogP contribution >= 0.6 is 0 Å². The Hall–Kier alpha value is -2.71. The van der Waals surface area contributed by atoms with E-state index in [1.807, 2.05) is 6.07 Å². The number of hydrogen-bond donors (Lipinski definition) is 3. The summed E-state index contributed by atoms with van der Waals surface area (Å²) in [5, 5.41) is 21.2. The smallest absolute Gasteiger partial charge is 0.413 e. The molecule has 3 N–H and O–H groups in total. The van der Waals surface area contributed by atoms with Gasteiger partial charge in [0.05, 0.1) is 31.1 Å². The van der Waals surface area contributed by atoms with E-state index < -0.39 is 30.0 Å². The summed E-state index contributed by atoms with van der Waals surface area (Å²) in [4.78, 5) is 28.7. The Balaban J connectivity index is 2.42. The molecular formula is C18H23N3O5. The Bertz CT molecular complexity index is 812. The van der Waals surface area contributed by atoms with Crippen LogP contribution in [-0.2, 0) is 11.3 Å². The molecule has 1 atom stereocenters. The van der Waals surface area contributed by atoms with Crippen LogP contribution in [-0.4, -0.2) is 44.2 Å². The van der Waals surface area contributed by atoms with Crippen molar-refractivity contribution in [3.05, 3.63) is 46.9 Å². The minimum absolute atomic E-state index is 0.148. The van der Waals surface area contributed by atoms with Crippen LogP contribution in [0, 0.1) is 0 Å². The molecule has 0 bridgehead atoms. The lowest BCUT2D eigenvalue weighted by Crippen LogP contribution is -2.34. The van der Waals surface area contributed by atoms with E-state index in [9.17, 15) is 14.7 Å². The van der Waals surface area contributed by atoms with Crippen LogP contribution in [0.15, 0.2) is 41.3 Å². The number of benzene rings is 1. The molecule has 0 aliphatic heterocycles. The van der Waals surface area contributed by atoms with Crippen LogP contribution in [0.2, 0.25) is 0 Å². The van der Waals surface area contributed by atoms with E-state index >= 15 is 0 Å². The molecule has 1 aromatic heterocycles. The van der Waals surface area contributed by atoms with Gasteiger partial charge in [-0.2, -0.15) is 0 Å². The fourth-order valence-electron chi connectivity index (χ4n) is 2.26. The third kappa shape index (κ3) is 5.14. The lowest BCUT2D eigenvalue weighted by atomic mass is 10.1. The van der Waals surface area contributed by atoms with Crippen LogP contribution < -0.4 is 10.9 Å². The number of carbonyl (C=O) groups is 1. The number of aliphatic hydroxyl groups excluding tert-OH is 2. The Morgan fingerprint density at radius 3 is 2.54 bits per heavy atom. The van der Waals surface area contributed by atoms with Crippen molar-refractivity contribution in [2.24, 2.45) is 0 Å². The van der Waals surface area contributed by atoms with Gasteiger partial charge in [-0.3, -0.25) is 10.1 Å². The van der Waals surface area contributed by atoms with Crippen molar-refractivity contribution in [1.29, 1.82) is 0 Å². The van der Waals surface area contributed by atoms with Gasteiger partial charge in [0.2, 0.25) is 5.82 Å². The minimum atomic E-state index is -1.13. The molecule has 140 valence electrons. The molecule has 2 rings (SSSR count). The largest absolute Gasteiger partial charge is 0.444 e. The lowest BCUT2D eigenvalue weighted by Gasteiger charge is -2.20. The number of hydrogen-bond acceptors (Lipinski definition) is 6. The Labute approximate surface area is 151 Å². The van der Waals surface area contributed by atoms with Gasteiger partial charge >= 0.3 is 6.09 Å². The molecule has 1 aromatic carbocycles. The highest BCUT2D eigenvalue weighted by Crippen LogP contribution is 2.18. The molecule has 0 aliphatic rings. The summed E-state index contributed by atoms with van der Waals surface area (Å²) in [6.07, 6.45) is -0.510. The fraction of sp³-hybridized carbons (Fsp3) is 0.389. The van der Waals surface area contributed by atoms with Gasteiger partial charge in [0, 0.05) is 0 Å². The number of nitrogens with zero attached hydrogens (tertiary/aromatic N) is 2. The van der Waals surface area contributed by atoms with Gasteiger partial charge in [-0.1, -0.05) is 30.3 Å². The molecule has 8 heteroatoms. The zero-order valence-corrected chi connectivity index (χ0v) is 15.0. The van der Waals surface area contributed by atoms with Gasteiger partial charge < -0.3 is 19.5 Å². The molecule has 1 unspecified atom stereocenters. The predicted octanol–water partition coefficient (Wildman–Crippen LogP) is 1.61. The Kier molecular flexibility index (Phi) is 6.12. The molecule has 0 saturated heterocycles. The highest BCUT2D eigenvalue weighted by molar-refractivity contribution is 5.83. The highest BCUT2D eigenvalue weighted by atomic mass is 16.6. The molecule has 8 nitrogen and oxygen atoms in total. The summed E-state index contributed by atoms with van der Waals surface area (Å²) >= 11 is 0. The SMILES string of the molecule is CC(C)(C)OC(=O)Nc1ncc(-c2ccccc2)n(CC(O)CO)c1=O. The highest BCUT2D eigenvalue weighted by Gasteiger charge is 2.20. The molecule has 1 amide bonds. The molecule has 0 radical (unpaired) electrons. The van der Waals surface area contributed by atoms with Crippen LogP contribution in [0.25, 0.3) is 11.3 Å². The third-order valence-electron chi connectivity index (χ3n) is 3.35. The normalized spacial score (nSPS) is 12.5. The van der Waals surface area contributed by atoms with Gasteiger partial charge in [0.25, 0.3) is 5.56 Å². The molecule has 26 heavy (non-hydrogen) atoms. The van der Waals surface area contributed by atoms with Crippen LogP contribution in [0.5, 0.6) is 0 Å². The maximum absolute atomic E-state index is 12.8. The number of carbonyl (C=O) groups excluding carboxylic acids is 1. The molecular weight excluding hydrogens is 338 g/mol. The average Bonchev–Trinajstić information content (AvgIpc) is 2.57. The quantitative estimate of drug-likeness (QED) is 0.746. The molecule has 2 aromatic rings. The molecule has 0 spiro atoms. The first-order valence-corrected chi connectivity index (χ1v) is 8.15. The molecule has 1 heterocycles. The molecule has 0 aliphatic carbocycles. The first-order chi connectivity index (χ1) is 12.2. The summed E-state index contributed by atoms with van der Waals surface area (Å²) in [5.74, 6) is -0.218. The Morgan fingerprint density at radius 2 is 1.96 bits per heavy atom. The first kappa shape index (κ1) is 19.6. The monoisotopic (exact) mass is 361 g/mol. The van der Waals surface area contributed by atoms with E-state index in [0.29, 0.717) is 11.3 Å². The van der Waals surface area contributed by atoms with E-state index in [-0.39, 0.29) is 12.4 Å². The maximum Gasteiger partial charge on any atom is 0.413 e. The number of nitrogens with one attached hydrogen (secondary N) is 1. The number of anilines is 1. The number of ether oxygens (including phenoxy) is 1. The summed E-state index contributed by atoms with van der Waals surface area (Å²) in [5.41, 5.74) is -0.159. The van der Waals surface area contributed by atoms with Gasteiger partial charge in [-0.25, -0.2) is 9.78 Å². The van der Waals surface area contributed by atoms with Crippen LogP contribution in [0.1, 0.15) is 20.8 Å². The van der Waals surface area contributed by atoms with Gasteiger partial charge in [0.15, 0.2) is 0 Å². The van der Waals surface area contributed by atoms with Crippen LogP contribution in [0.4, 0.5) is 10.6 Å². The number of aliphatic hydroxyl groups is 2. The van der Waals surface area contributed by atoms with Gasteiger partial charge in [-0.05, 0) is 26.3 Å². The molecule has 0 fully saturated rings. The zero-order valence-electron chi connectivity index (χ0n) is 15.0. The van der Waals surface area contributed by atoms with E-state index in [2.05, 4.69) is 10.3 Å². The van der Waals surface area contributed by atoms with Crippen LogP contribution in [0.3, 0.4) is 0 Å². The van der Waals surface area contributed by atoms with Crippen molar-refractivity contribution in [1.82, 2.24) is 9.55 Å². The topological polar surface area (TPSA) is 114 Å². The molecule has 0 saturated carbocycles. The summed E-state index contributed by atoms with van der Waals surface area (Å²) < 4.78 is 6.39. The first-order valence-electron chi connectivity index (χ1n) is 8.15. The lowest BCUT2D eigenvalue weighted by molar-refractivity contribution is 0.0634. The summed E-state index contributed by atoms with van der Waals surface area (Å²) in [6.45, 7) is 4.46. The second-order valence-corrected chi connectivity index (χ2v) is 6.74. The Morgan fingerprint density at radius 1 is 1.31 bits per heavy atom. The van der Waals surface area contributed by atoms with Crippen molar-refractivity contribution in [2.45, 2.75) is 39.0 Å². The average molecular weight is 361 g/mol. The van der Waals surface area contributed by atoms with Crippen molar-refractivity contribution in [3.8, 4) is 11.3 Å². The maximum atomic E-state index is 12.8. The third-order valence-corrected chi connectivity index (χ3v) is 3.35. The number of aromatic nitrogens is 2. The van der Waals surface area contributed by atoms with Crippen molar-refractivity contribution in [3.63, 3.8) is 0 Å². The zero-order chi connectivity index (χ0) is 19.3. The van der Waals surface area contributed by atoms with E-state index in [0.717, 1.165) is 0 Å². The fourth-order valence-corrected chi connectivity index (χ4v) is 2.26. The minimum Gasteiger partial charge on any atom is -0.444 e. The second kappa shape index (κ2) is 8.11. The number of amides is 1. The number of rotatable bonds is 5. The van der Waals surface area contributed by atoms with Crippen molar-refractivity contribution in [2.75, 3.05) is 11.9 Å². The van der Waals surface area contributed by atoms with Crippen molar-refractivity contribution < 1.29 is 19.7 Å². The predicted molar refractivity (Wildman–Crippen MR) is 96.9 cm³/mol. The van der Waals surface area contributed by atoms with Gasteiger partial charge in [0.1, 0.15) is 5.60 Å². The van der Waals surface area contributed by atoms with E-state index in [1.165, 1.54) is 10.8 Å². The van der Waals surface area contributed by atoms with Gasteiger partial charge in [-0.15, -0.1) is 0 Å². The van der Waals surface area contributed by atoms with Crippen molar-refractivity contribution >= 4 is 11.9 Å². The summed E-state index contributed by atoms with van der Waals surface area (Å²) in [7, 11) is 0. The van der Waals surface area contributed by atoms with E-state index in [4.69, 9.17) is 9.84 Å². The van der Waals surface area contributed by atoms with E-state index in [1.54, 1.807) is 45.0 Å².